The average Bonchev–Trinajstić information content (AvgIpc) is 1.74. The van der Waals surface area contributed by atoms with Crippen molar-refractivity contribution in [2.75, 3.05) is 119 Å². The number of amides is 4. The molecule has 2 saturated heterocycles. The molecule has 0 radical (unpaired) electrons. The predicted octanol–water partition coefficient (Wildman–Crippen LogP) is -2.37. The van der Waals surface area contributed by atoms with Gasteiger partial charge in [0, 0.05) is 68.4 Å². The maximum Gasteiger partial charge on any atom is 0.336 e. The molecule has 0 aromatic carbocycles. The summed E-state index contributed by atoms with van der Waals surface area (Å²) < 4.78 is 65.6. The van der Waals surface area contributed by atoms with Gasteiger partial charge in [-0.3, -0.25) is 48.4 Å². The molecule has 2 rings (SSSR count). The van der Waals surface area contributed by atoms with Gasteiger partial charge in [-0.25, -0.2) is 32.4 Å². The number of rotatable bonds is 36. The minimum Gasteiger partial charge on any atom is -0.481 e. The van der Waals surface area contributed by atoms with Crippen LogP contribution in [0.2, 0.25) is 0 Å². The number of halogens is 7. The number of aliphatic carboxylic acids is 4. The van der Waals surface area contributed by atoms with Crippen LogP contribution in [0, 0.1) is 12.8 Å². The smallest absolute Gasteiger partial charge is 0.336 e. The molecule has 0 aromatic rings. The number of aliphatic hydroxyl groups is 7. The van der Waals surface area contributed by atoms with Crippen molar-refractivity contribution >= 4 is 179 Å². The molecular weight excluding hydrogens is 1560 g/mol. The van der Waals surface area contributed by atoms with Crippen molar-refractivity contribution in [2.45, 2.75) is 103 Å². The number of hydrogen-bond acceptors (Lipinski definition) is 34. The monoisotopic (exact) mass is 1650 g/mol. The zero-order valence-electron chi connectivity index (χ0n) is 54.6. The van der Waals surface area contributed by atoms with Gasteiger partial charge < -0.3 is 109 Å². The summed E-state index contributed by atoms with van der Waals surface area (Å²) in [5.74, 6) is -9.00. The lowest BCUT2D eigenvalue weighted by Gasteiger charge is -2.15. The molecule has 0 spiro atoms. The van der Waals surface area contributed by atoms with E-state index in [1.807, 2.05) is 0 Å². The summed E-state index contributed by atoms with van der Waals surface area (Å²) in [6.45, 7) is 4.09. The number of nitrogens with zero attached hydrogens (tertiary/aromatic N) is 2. The molecule has 2 aliphatic rings. The predicted molar refractivity (Wildman–Crippen MR) is 347 cm³/mol. The second kappa shape index (κ2) is 86.1. The van der Waals surface area contributed by atoms with Crippen LogP contribution < -0.4 is 0 Å². The molecule has 4 atom stereocenters. The molecule has 2 heterocycles. The van der Waals surface area contributed by atoms with Gasteiger partial charge in [0.25, 0.3) is 23.6 Å². The summed E-state index contributed by atoms with van der Waals surface area (Å²) in [7, 11) is 14.7. The number of terminal acetylenes is 1. The van der Waals surface area contributed by atoms with Crippen molar-refractivity contribution in [3.05, 3.63) is 0 Å². The van der Waals surface area contributed by atoms with E-state index in [1.54, 1.807) is 0 Å². The van der Waals surface area contributed by atoms with Gasteiger partial charge in [0.15, 0.2) is 0 Å². The number of hydroxylamine groups is 4. The molecule has 4 unspecified atom stereocenters. The first-order valence-corrected chi connectivity index (χ1v) is 33.0. The summed E-state index contributed by atoms with van der Waals surface area (Å²) >= 11 is 9.74. The van der Waals surface area contributed by atoms with Crippen molar-refractivity contribution in [1.29, 1.82) is 0 Å². The van der Waals surface area contributed by atoms with E-state index in [4.69, 9.17) is 104 Å². The van der Waals surface area contributed by atoms with Crippen LogP contribution in [0.15, 0.2) is 0 Å². The quantitative estimate of drug-likeness (QED) is 0.00593. The Morgan fingerprint density at radius 3 is 0.880 bits per heavy atom. The normalized spacial score (nSPS) is 12.3. The Morgan fingerprint density at radius 2 is 0.690 bits per heavy atom. The van der Waals surface area contributed by atoms with Gasteiger partial charge in [0.1, 0.15) is 59.3 Å². The summed E-state index contributed by atoms with van der Waals surface area (Å²) in [5, 5.41) is 98.2. The highest BCUT2D eigenvalue weighted by Gasteiger charge is 2.33. The highest BCUT2D eigenvalue weighted by Crippen LogP contribution is 2.14. The van der Waals surface area contributed by atoms with Gasteiger partial charge in [-0.15, -0.1) is 30.3 Å². The maximum atomic E-state index is 11.5. The fourth-order valence-electron chi connectivity index (χ4n) is 4.56. The van der Waals surface area contributed by atoms with E-state index in [0.29, 0.717) is 5.06 Å². The number of hydrogen-bond donors (Lipinski definition) is 12. The Kier molecular flexibility index (Phi) is 99.7. The van der Waals surface area contributed by atoms with E-state index in [-0.39, 0.29) is 193 Å². The van der Waals surface area contributed by atoms with E-state index in [9.17, 15) is 67.1 Å². The number of carbonyl (C=O) groups is 14. The van der Waals surface area contributed by atoms with E-state index < -0.39 is 125 Å². The topological polar surface area (TPSA) is 646 Å². The molecule has 2 fully saturated rings. The Morgan fingerprint density at radius 1 is 0.460 bits per heavy atom. The van der Waals surface area contributed by atoms with Crippen LogP contribution in [0.1, 0.15) is 80.4 Å². The lowest BCUT2D eigenvalue weighted by Crippen LogP contribution is -2.33. The van der Waals surface area contributed by atoms with Crippen LogP contribution in [0.5, 0.6) is 0 Å². The number of aliphatic hydroxyl groups excluding tert-OH is 7. The van der Waals surface area contributed by atoms with E-state index >= 15 is 0 Å². The zero-order chi connectivity index (χ0) is 78.9. The molecular formula is C50H85Cl7N2O39S2. The fourth-order valence-corrected chi connectivity index (χ4v) is 4.71. The van der Waals surface area contributed by atoms with Crippen molar-refractivity contribution in [3.8, 4) is 12.8 Å². The number of imide groups is 2. The summed E-state index contributed by atoms with van der Waals surface area (Å²) in [6, 6.07) is 0. The molecule has 50 heteroatoms. The lowest BCUT2D eigenvalue weighted by atomic mass is 10.3. The van der Waals surface area contributed by atoms with Gasteiger partial charge in [-0.05, 0) is 50.9 Å². The summed E-state index contributed by atoms with van der Waals surface area (Å²) in [4.78, 5) is 152. The van der Waals surface area contributed by atoms with Gasteiger partial charge in [-0.2, -0.15) is 5.06 Å². The maximum absolute atomic E-state index is 11.5. The van der Waals surface area contributed by atoms with Gasteiger partial charge in [0.05, 0.1) is 111 Å². The highest BCUT2D eigenvalue weighted by atomic mass is 36.0. The number of ether oxygens (including phenoxy) is 9. The molecule has 100 heavy (non-hydrogen) atoms. The molecule has 14 N–H and O–H groups in total. The first kappa shape index (κ1) is 116. The fraction of sp³-hybridized carbons (Fsp3) is 0.680. The van der Waals surface area contributed by atoms with Crippen LogP contribution in [0.3, 0.4) is 0 Å². The minimum atomic E-state index is -1.67. The Labute approximate surface area is 612 Å². The van der Waals surface area contributed by atoms with Gasteiger partial charge >= 0.3 is 47.8 Å². The Hall–Kier alpha value is -5.33. The third kappa shape index (κ3) is 114. The standard InChI is InChI=1S/C12H17NO8.2C8H14O6.2C4H7ClO3.C4H5NO3.C4H8O4.C4H8O3.C2H2.2Cl2OS.ClH.H2O/c1-8(20-12(18)7-19-5-4-14)6-11(17)21-13-9(15)2-3-10(13)16;2*1-6(4-7(10)11)14-8(12)5-13-3-2-9;2*5-4(7)3-8-2-1-6;6-3-1-2-4(7)5(3)8;5-1-2-8-3-4(6)7;1-3(5)2-4(6)7;1-2;2*1-4(2)3;;/h8,14H,2-7H2,1H3;2*6,9H,2-5H2,1H3,(H,10,11);2*6H,1-3H2;8H,1-2H2;5H,1-3H2,(H,6,7);3,5H,2H2,1H3,(H,6,7);1-2H;;;1H;1H2/i;;;;;;;;1D;;;;. The SMILES string of the molecule is CC(CC(=O)O)OC(=O)COCCO.CC(CC(=O)O)OC(=O)COCCO.CC(CC(=O)ON1C(=O)CCC1=O)OC(=O)COCCO.CC(O)CC(=O)O.Cl.O.O=C(Cl)COCCO.O=C(Cl)COCCO.O=C(O)COCCO.O=C1CCC(=O)N1O.O=S(Cl)Cl.O=S(Cl)Cl.[2H]C#C. The lowest BCUT2D eigenvalue weighted by molar-refractivity contribution is -0.199. The van der Waals surface area contributed by atoms with Gasteiger partial charge in [-0.1, -0.05) is 0 Å². The van der Waals surface area contributed by atoms with E-state index in [0.717, 1.165) is 0 Å². The first-order chi connectivity index (χ1) is 46.1. The molecule has 2 aliphatic heterocycles. The average molecular weight is 1650 g/mol. The summed E-state index contributed by atoms with van der Waals surface area (Å²) in [6.07, 6.45) is 2.30. The van der Waals surface area contributed by atoms with Crippen molar-refractivity contribution in [2.24, 2.45) is 0 Å². The van der Waals surface area contributed by atoms with Crippen molar-refractivity contribution in [1.82, 2.24) is 10.1 Å². The first-order valence-electron chi connectivity index (χ1n) is 27.2. The van der Waals surface area contributed by atoms with Crippen LogP contribution >= 0.6 is 78.3 Å². The van der Waals surface area contributed by atoms with Crippen molar-refractivity contribution in [3.63, 3.8) is 0 Å². The highest BCUT2D eigenvalue weighted by molar-refractivity contribution is 8.27. The van der Waals surface area contributed by atoms with Crippen LogP contribution in [0.25, 0.3) is 0 Å². The number of carboxylic acid groups (broad SMARTS) is 4. The van der Waals surface area contributed by atoms with Gasteiger partial charge in [0.2, 0.25) is 28.9 Å². The number of esters is 3. The molecule has 0 bridgehead atoms. The van der Waals surface area contributed by atoms with E-state index in [2.05, 4.69) is 87.1 Å². The second-order valence-corrected chi connectivity index (χ2v) is 22.4. The molecule has 0 aromatic heterocycles. The van der Waals surface area contributed by atoms with Crippen LogP contribution in [-0.2, 0) is 133 Å². The zero-order valence-corrected chi connectivity index (χ0v) is 60.6. The molecule has 41 nitrogen and oxygen atoms in total. The number of carbonyl (C=O) groups excluding carboxylic acids is 10. The molecule has 0 aliphatic carbocycles. The molecule has 4 amide bonds. The number of carboxylic acids is 4. The Balaban J connectivity index is -0.000000102. The largest absolute Gasteiger partial charge is 0.481 e. The molecule has 0 saturated carbocycles. The van der Waals surface area contributed by atoms with Crippen LogP contribution in [0.4, 0.5) is 0 Å². The third-order valence-corrected chi connectivity index (χ3v) is 8.02. The Bertz CT molecular complexity index is 2220. The molecule has 590 valence electrons. The summed E-state index contributed by atoms with van der Waals surface area (Å²) in [5.41, 5.74) is 0. The second-order valence-electron chi connectivity index (χ2n) is 16.5. The third-order valence-electron chi connectivity index (χ3n) is 7.80. The van der Waals surface area contributed by atoms with Crippen LogP contribution in [-0.4, -0.2) is 311 Å². The minimum absolute atomic E-state index is 0. The van der Waals surface area contributed by atoms with E-state index in [1.165, 1.54) is 34.1 Å². The van der Waals surface area contributed by atoms with Crippen molar-refractivity contribution < 1.29 is 191 Å².